The summed E-state index contributed by atoms with van der Waals surface area (Å²) in [6.07, 6.45) is 0.406. The third kappa shape index (κ3) is 2.55. The fourth-order valence-electron chi connectivity index (χ4n) is 0.895. The van der Waals surface area contributed by atoms with Crippen LogP contribution in [0.2, 0.25) is 0 Å². The highest BCUT2D eigenvalue weighted by Gasteiger charge is 2.41. The number of carbonyl (C=O) groups excluding carboxylic acids is 1. The third-order valence-electron chi connectivity index (χ3n) is 2.31. The van der Waals surface area contributed by atoms with Gasteiger partial charge in [-0.2, -0.15) is 0 Å². The third-order valence-corrected chi connectivity index (χ3v) is 2.31. The van der Waals surface area contributed by atoms with Crippen molar-refractivity contribution in [1.29, 1.82) is 0 Å². The molecule has 0 aliphatic carbocycles. The fraction of sp³-hybridized carbons (Fsp3) is 0.667. The number of rotatable bonds is 5. The van der Waals surface area contributed by atoms with Gasteiger partial charge in [-0.3, -0.25) is 14.4 Å². The van der Waals surface area contributed by atoms with Gasteiger partial charge < -0.3 is 10.2 Å². The molecule has 0 amide bonds. The Labute approximate surface area is 81.7 Å². The summed E-state index contributed by atoms with van der Waals surface area (Å²) >= 11 is 0. The highest BCUT2D eigenvalue weighted by molar-refractivity contribution is 6.15. The zero-order valence-corrected chi connectivity index (χ0v) is 8.40. The summed E-state index contributed by atoms with van der Waals surface area (Å²) in [5, 5.41) is 17.1. The number of carbonyl (C=O) groups is 3. The van der Waals surface area contributed by atoms with Gasteiger partial charge in [0.25, 0.3) is 0 Å². The molecule has 5 nitrogen and oxygen atoms in total. The second kappa shape index (κ2) is 4.21. The predicted molar refractivity (Wildman–Crippen MR) is 47.8 cm³/mol. The molecule has 0 rings (SSSR count). The van der Waals surface area contributed by atoms with E-state index in [2.05, 4.69) is 0 Å². The summed E-state index contributed by atoms with van der Waals surface area (Å²) in [4.78, 5) is 32.6. The van der Waals surface area contributed by atoms with Gasteiger partial charge in [0, 0.05) is 5.41 Å². The standard InChI is InChI=1S/C9H14O5/c1-4-9(2,3)6(10)5(7(11)12)8(13)14/h5H,4H2,1-3H3,(H,11,12)(H,13,14). The van der Waals surface area contributed by atoms with E-state index < -0.39 is 29.1 Å². The molecule has 0 aromatic heterocycles. The van der Waals surface area contributed by atoms with Crippen molar-refractivity contribution in [2.75, 3.05) is 0 Å². The molecular formula is C9H14O5. The van der Waals surface area contributed by atoms with Crippen molar-refractivity contribution in [3.63, 3.8) is 0 Å². The van der Waals surface area contributed by atoms with Gasteiger partial charge in [-0.1, -0.05) is 20.8 Å². The molecule has 5 heteroatoms. The average Bonchev–Trinajstić information content (AvgIpc) is 2.02. The van der Waals surface area contributed by atoms with Crippen LogP contribution in [0, 0.1) is 11.3 Å². The van der Waals surface area contributed by atoms with Crippen molar-refractivity contribution in [2.45, 2.75) is 27.2 Å². The van der Waals surface area contributed by atoms with Crippen LogP contribution in [0.25, 0.3) is 0 Å². The lowest BCUT2D eigenvalue weighted by Crippen LogP contribution is -2.39. The van der Waals surface area contributed by atoms with E-state index in [1.807, 2.05) is 0 Å². The van der Waals surface area contributed by atoms with Gasteiger partial charge in [0.1, 0.15) is 0 Å². The Morgan fingerprint density at radius 3 is 1.71 bits per heavy atom. The predicted octanol–water partition coefficient (Wildman–Crippen LogP) is 0.777. The summed E-state index contributed by atoms with van der Waals surface area (Å²) in [6.45, 7) is 4.78. The first-order valence-electron chi connectivity index (χ1n) is 4.24. The van der Waals surface area contributed by atoms with Crippen molar-refractivity contribution in [2.24, 2.45) is 11.3 Å². The molecule has 0 unspecified atom stereocenters. The lowest BCUT2D eigenvalue weighted by atomic mass is 9.79. The Bertz CT molecular complexity index is 252. The first-order chi connectivity index (χ1) is 6.24. The number of Topliss-reactive ketones (excluding diaryl/α,β-unsaturated/α-hetero) is 1. The Kier molecular flexibility index (Phi) is 3.80. The molecule has 2 N–H and O–H groups in total. The molecule has 80 valence electrons. The van der Waals surface area contributed by atoms with Crippen LogP contribution in [0.4, 0.5) is 0 Å². The van der Waals surface area contributed by atoms with E-state index in [0.717, 1.165) is 0 Å². The molecule has 0 atom stereocenters. The highest BCUT2D eigenvalue weighted by Crippen LogP contribution is 2.25. The monoisotopic (exact) mass is 202 g/mol. The van der Waals surface area contributed by atoms with Crippen LogP contribution in [0.3, 0.4) is 0 Å². The van der Waals surface area contributed by atoms with Crippen LogP contribution in [-0.4, -0.2) is 27.9 Å². The molecule has 0 aromatic carbocycles. The van der Waals surface area contributed by atoms with E-state index >= 15 is 0 Å². The Hall–Kier alpha value is -1.39. The molecule has 0 fully saturated rings. The molecule has 0 saturated carbocycles. The molecule has 0 aliphatic rings. The van der Waals surface area contributed by atoms with E-state index in [9.17, 15) is 14.4 Å². The summed E-state index contributed by atoms with van der Waals surface area (Å²) in [5.74, 6) is -5.93. The average molecular weight is 202 g/mol. The van der Waals surface area contributed by atoms with Gasteiger partial charge in [-0.15, -0.1) is 0 Å². The number of hydrogen-bond donors (Lipinski definition) is 2. The smallest absolute Gasteiger partial charge is 0.325 e. The minimum atomic E-state index is -1.95. The Morgan fingerprint density at radius 2 is 1.50 bits per heavy atom. The van der Waals surface area contributed by atoms with Crippen LogP contribution in [0.1, 0.15) is 27.2 Å². The lowest BCUT2D eigenvalue weighted by molar-refractivity contribution is -0.160. The molecule has 0 saturated heterocycles. The molecular weight excluding hydrogens is 188 g/mol. The normalized spacial score (nSPS) is 11.4. The van der Waals surface area contributed by atoms with E-state index in [1.165, 1.54) is 13.8 Å². The first-order valence-corrected chi connectivity index (χ1v) is 4.24. The highest BCUT2D eigenvalue weighted by atomic mass is 16.4. The van der Waals surface area contributed by atoms with Gasteiger partial charge in [0.2, 0.25) is 5.92 Å². The second-order valence-electron chi connectivity index (χ2n) is 3.71. The topological polar surface area (TPSA) is 91.7 Å². The Balaban J connectivity index is 4.97. The van der Waals surface area contributed by atoms with Crippen LogP contribution >= 0.6 is 0 Å². The van der Waals surface area contributed by atoms with Crippen LogP contribution in [-0.2, 0) is 14.4 Å². The van der Waals surface area contributed by atoms with Gasteiger partial charge >= 0.3 is 11.9 Å². The Morgan fingerprint density at radius 1 is 1.14 bits per heavy atom. The number of ketones is 1. The van der Waals surface area contributed by atoms with Gasteiger partial charge in [-0.05, 0) is 6.42 Å². The SMILES string of the molecule is CCC(C)(C)C(=O)C(C(=O)O)C(=O)O. The zero-order valence-electron chi connectivity index (χ0n) is 8.40. The van der Waals surface area contributed by atoms with Crippen LogP contribution in [0.5, 0.6) is 0 Å². The fourth-order valence-corrected chi connectivity index (χ4v) is 0.895. The van der Waals surface area contributed by atoms with Crippen molar-refractivity contribution in [1.82, 2.24) is 0 Å². The van der Waals surface area contributed by atoms with Gasteiger partial charge in [-0.25, -0.2) is 0 Å². The van der Waals surface area contributed by atoms with Crippen LogP contribution < -0.4 is 0 Å². The first kappa shape index (κ1) is 12.6. The second-order valence-corrected chi connectivity index (χ2v) is 3.71. The molecule has 0 radical (unpaired) electrons. The summed E-state index contributed by atoms with van der Waals surface area (Å²) in [7, 11) is 0. The minimum Gasteiger partial charge on any atom is -0.480 e. The van der Waals surface area contributed by atoms with Crippen molar-refractivity contribution in [3.8, 4) is 0 Å². The summed E-state index contributed by atoms with van der Waals surface area (Å²) in [6, 6.07) is 0. The molecule has 14 heavy (non-hydrogen) atoms. The van der Waals surface area contributed by atoms with Crippen molar-refractivity contribution < 1.29 is 24.6 Å². The molecule has 0 heterocycles. The summed E-state index contributed by atoms with van der Waals surface area (Å²) < 4.78 is 0. The maximum absolute atomic E-state index is 11.5. The number of hydrogen-bond acceptors (Lipinski definition) is 3. The van der Waals surface area contributed by atoms with Crippen LogP contribution in [0.15, 0.2) is 0 Å². The maximum atomic E-state index is 11.5. The number of carboxylic acid groups (broad SMARTS) is 2. The number of aliphatic carboxylic acids is 2. The lowest BCUT2D eigenvalue weighted by Gasteiger charge is -2.22. The maximum Gasteiger partial charge on any atom is 0.325 e. The van der Waals surface area contributed by atoms with E-state index in [4.69, 9.17) is 10.2 Å². The summed E-state index contributed by atoms with van der Waals surface area (Å²) in [5.41, 5.74) is -0.915. The van der Waals surface area contributed by atoms with Crippen molar-refractivity contribution >= 4 is 17.7 Å². The minimum absolute atomic E-state index is 0.406. The van der Waals surface area contributed by atoms with Gasteiger partial charge in [0.15, 0.2) is 5.78 Å². The number of carboxylic acids is 2. The van der Waals surface area contributed by atoms with E-state index in [-0.39, 0.29) is 0 Å². The van der Waals surface area contributed by atoms with E-state index in [1.54, 1.807) is 6.92 Å². The van der Waals surface area contributed by atoms with Gasteiger partial charge in [0.05, 0.1) is 0 Å². The molecule has 0 spiro atoms. The van der Waals surface area contributed by atoms with E-state index in [0.29, 0.717) is 6.42 Å². The largest absolute Gasteiger partial charge is 0.480 e. The molecule has 0 aliphatic heterocycles. The quantitative estimate of drug-likeness (QED) is 0.642. The zero-order chi connectivity index (χ0) is 11.5. The van der Waals surface area contributed by atoms with Crippen molar-refractivity contribution in [3.05, 3.63) is 0 Å². The molecule has 0 aromatic rings. The molecule has 0 bridgehead atoms.